The second-order valence-corrected chi connectivity index (χ2v) is 9.78. The van der Waals surface area contributed by atoms with Crippen LogP contribution < -0.4 is 19.9 Å². The molecule has 0 spiro atoms. The lowest BCUT2D eigenvalue weighted by Gasteiger charge is -2.39. The number of aromatic nitrogens is 2. The van der Waals surface area contributed by atoms with Crippen molar-refractivity contribution in [2.45, 2.75) is 57.0 Å². The lowest BCUT2D eigenvalue weighted by molar-refractivity contribution is -0.278. The topological polar surface area (TPSA) is 179 Å². The monoisotopic (exact) mass is 557 g/mol. The number of carbonyl (C=O) groups excluding carboxylic acids is 1. The minimum atomic E-state index is -1.62. The van der Waals surface area contributed by atoms with Crippen LogP contribution in [0, 0.1) is 0 Å². The van der Waals surface area contributed by atoms with Crippen molar-refractivity contribution in [3.05, 3.63) is 59.2 Å². The summed E-state index contributed by atoms with van der Waals surface area (Å²) in [7, 11) is 3.10. The van der Waals surface area contributed by atoms with Crippen LogP contribution >= 0.6 is 0 Å². The summed E-state index contributed by atoms with van der Waals surface area (Å²) in [6, 6.07) is 12.0. The van der Waals surface area contributed by atoms with Crippen LogP contribution in [0.15, 0.2) is 42.5 Å². The van der Waals surface area contributed by atoms with Crippen molar-refractivity contribution < 1.29 is 44.2 Å². The molecule has 2 heterocycles. The molecule has 2 aromatic carbocycles. The highest BCUT2D eigenvalue weighted by Crippen LogP contribution is 2.38. The molecule has 5 atom stereocenters. The van der Waals surface area contributed by atoms with Gasteiger partial charge in [0.2, 0.25) is 18.1 Å². The van der Waals surface area contributed by atoms with Crippen LogP contribution in [0.1, 0.15) is 41.4 Å². The van der Waals surface area contributed by atoms with Crippen molar-refractivity contribution in [1.82, 2.24) is 9.78 Å². The third kappa shape index (κ3) is 5.76. The molecule has 12 heteroatoms. The van der Waals surface area contributed by atoms with E-state index in [4.69, 9.17) is 29.8 Å². The fourth-order valence-electron chi connectivity index (χ4n) is 4.64. The van der Waals surface area contributed by atoms with E-state index in [0.717, 1.165) is 11.1 Å². The Morgan fingerprint density at radius 1 is 1.05 bits per heavy atom. The molecule has 40 heavy (non-hydrogen) atoms. The second-order valence-electron chi connectivity index (χ2n) is 9.78. The average Bonchev–Trinajstić information content (AvgIpc) is 3.31. The molecule has 1 fully saturated rings. The molecule has 216 valence electrons. The third-order valence-electron chi connectivity index (χ3n) is 6.84. The number of carbonyl (C=O) groups is 1. The molecule has 0 radical (unpaired) electrons. The molecule has 0 aliphatic carbocycles. The number of methoxy groups -OCH3 is 2. The molecule has 0 saturated carbocycles. The van der Waals surface area contributed by atoms with Crippen LogP contribution in [0.3, 0.4) is 0 Å². The maximum absolute atomic E-state index is 11.7. The smallest absolute Gasteiger partial charge is 0.248 e. The number of nitrogens with two attached hydrogens (primary N) is 1. The first-order valence-electron chi connectivity index (χ1n) is 12.8. The van der Waals surface area contributed by atoms with E-state index in [2.05, 4.69) is 0 Å². The van der Waals surface area contributed by atoms with Crippen molar-refractivity contribution in [2.24, 2.45) is 5.73 Å². The molecule has 0 unspecified atom stereocenters. The number of amides is 1. The number of primary amides is 1. The Hall–Kier alpha value is -3.68. The summed E-state index contributed by atoms with van der Waals surface area (Å²) in [6.45, 7) is 3.27. The van der Waals surface area contributed by atoms with Gasteiger partial charge in [0.15, 0.2) is 0 Å². The van der Waals surface area contributed by atoms with E-state index in [1.165, 1.54) is 0 Å². The molecule has 12 nitrogen and oxygen atoms in total. The van der Waals surface area contributed by atoms with E-state index in [1.807, 2.05) is 19.9 Å². The van der Waals surface area contributed by atoms with Crippen molar-refractivity contribution in [3.63, 3.8) is 0 Å². The number of aliphatic hydroxyl groups is 4. The number of hydrogen-bond donors (Lipinski definition) is 5. The van der Waals surface area contributed by atoms with Gasteiger partial charge in [0.1, 0.15) is 35.9 Å². The second kappa shape index (κ2) is 12.2. The van der Waals surface area contributed by atoms with Gasteiger partial charge in [0.05, 0.1) is 26.5 Å². The summed E-state index contributed by atoms with van der Waals surface area (Å²) in [5.41, 5.74) is 8.55. The lowest BCUT2D eigenvalue weighted by atomic mass is 9.98. The zero-order valence-electron chi connectivity index (χ0n) is 22.7. The number of hydrogen-bond acceptors (Lipinski definition) is 10. The predicted molar refractivity (Wildman–Crippen MR) is 143 cm³/mol. The van der Waals surface area contributed by atoms with Gasteiger partial charge in [-0.15, -0.1) is 5.10 Å². The molecule has 6 N–H and O–H groups in total. The first-order valence-corrected chi connectivity index (χ1v) is 12.8. The first kappa shape index (κ1) is 29.3. The van der Waals surface area contributed by atoms with Gasteiger partial charge in [-0.1, -0.05) is 18.2 Å². The molecule has 1 aliphatic heterocycles. The highest BCUT2D eigenvalue weighted by Gasteiger charge is 2.45. The van der Waals surface area contributed by atoms with E-state index in [9.17, 15) is 25.2 Å². The fraction of sp³-hybridized carbons (Fsp3) is 0.429. The van der Waals surface area contributed by atoms with Crippen LogP contribution in [0.4, 0.5) is 0 Å². The number of nitrogens with zero attached hydrogens (tertiary/aromatic N) is 2. The summed E-state index contributed by atoms with van der Waals surface area (Å²) in [5.74, 6) is 0.715. The van der Waals surface area contributed by atoms with E-state index in [-0.39, 0.29) is 18.3 Å². The lowest BCUT2D eigenvalue weighted by Crippen LogP contribution is -2.60. The first-order chi connectivity index (χ1) is 19.1. The zero-order chi connectivity index (χ0) is 29.1. The summed E-state index contributed by atoms with van der Waals surface area (Å²) in [5, 5.41) is 45.4. The maximum Gasteiger partial charge on any atom is 0.248 e. The Morgan fingerprint density at radius 2 is 1.75 bits per heavy atom. The molecule has 3 aromatic rings. The van der Waals surface area contributed by atoms with E-state index >= 15 is 0 Å². The van der Waals surface area contributed by atoms with E-state index in [0.29, 0.717) is 28.3 Å². The molecule has 1 saturated heterocycles. The van der Waals surface area contributed by atoms with E-state index < -0.39 is 43.2 Å². The molecular formula is C28H35N3O9. The normalized spacial score (nSPS) is 22.8. The van der Waals surface area contributed by atoms with E-state index in [1.54, 1.807) is 55.3 Å². The van der Waals surface area contributed by atoms with Crippen LogP contribution in [0.25, 0.3) is 11.3 Å². The number of rotatable bonds is 10. The number of ether oxygens (including phenoxy) is 4. The van der Waals surface area contributed by atoms with Gasteiger partial charge in [0.25, 0.3) is 0 Å². The third-order valence-corrected chi connectivity index (χ3v) is 6.84. The summed E-state index contributed by atoms with van der Waals surface area (Å²) >= 11 is 0. The minimum Gasteiger partial charge on any atom is -0.497 e. The highest BCUT2D eigenvalue weighted by molar-refractivity contribution is 5.93. The van der Waals surface area contributed by atoms with Crippen molar-refractivity contribution in [2.75, 3.05) is 20.8 Å². The quantitative estimate of drug-likeness (QED) is 0.242. The largest absolute Gasteiger partial charge is 0.497 e. The number of aliphatic hydroxyl groups excluding tert-OH is 4. The number of benzene rings is 2. The van der Waals surface area contributed by atoms with Crippen molar-refractivity contribution >= 4 is 5.91 Å². The van der Waals surface area contributed by atoms with Crippen LogP contribution in [0.5, 0.6) is 17.4 Å². The van der Waals surface area contributed by atoms with Crippen LogP contribution in [0.2, 0.25) is 0 Å². The Balaban J connectivity index is 1.86. The molecular weight excluding hydrogens is 522 g/mol. The van der Waals surface area contributed by atoms with Gasteiger partial charge in [0, 0.05) is 35.2 Å². The van der Waals surface area contributed by atoms with Gasteiger partial charge < -0.3 is 45.1 Å². The van der Waals surface area contributed by atoms with Gasteiger partial charge in [-0.3, -0.25) is 9.48 Å². The fourth-order valence-corrected chi connectivity index (χ4v) is 4.64. The maximum atomic E-state index is 11.7. The Morgan fingerprint density at radius 3 is 2.33 bits per heavy atom. The van der Waals surface area contributed by atoms with Gasteiger partial charge >= 0.3 is 0 Å². The average molecular weight is 558 g/mol. The molecule has 1 aromatic heterocycles. The van der Waals surface area contributed by atoms with Gasteiger partial charge in [-0.05, 0) is 37.6 Å². The van der Waals surface area contributed by atoms with Crippen molar-refractivity contribution in [3.8, 4) is 28.6 Å². The molecule has 1 aliphatic rings. The molecule has 0 bridgehead atoms. The SMILES string of the molecule is COc1ccc(Cc2c(O[C@@H]3O[C@H](CO)[C@@H](O)[C@H](O)[C@H]3O)nn(C(C)C)c2-c2ccc(C(N)=O)cc2)c(OC)c1. The molecule has 4 rings (SSSR count). The Bertz CT molecular complexity index is 1320. The highest BCUT2D eigenvalue weighted by atomic mass is 16.7. The van der Waals surface area contributed by atoms with Crippen LogP contribution in [-0.4, -0.2) is 87.6 Å². The summed E-state index contributed by atoms with van der Waals surface area (Å²) in [6.07, 6.45) is -7.10. The Labute approximate surface area is 231 Å². The standard InChI is InChI=1S/C28H35N3O9/c1-14(2)31-22(15-5-7-16(8-6-15)26(29)36)19(11-17-9-10-18(37-3)12-20(17)38-4)27(30-31)40-28-25(35)24(34)23(33)21(13-32)39-28/h5-10,12,14,21,23-25,28,32-35H,11,13H2,1-4H3,(H2,29,36)/t21-,23-,24+,25-,28+/m1/s1. The van der Waals surface area contributed by atoms with Gasteiger partial charge in [-0.25, -0.2) is 0 Å². The summed E-state index contributed by atoms with van der Waals surface area (Å²) in [4.78, 5) is 11.7. The minimum absolute atomic E-state index is 0.102. The predicted octanol–water partition coefficient (Wildman–Crippen LogP) is 1.02. The zero-order valence-corrected chi connectivity index (χ0v) is 22.7. The molecule has 1 amide bonds. The van der Waals surface area contributed by atoms with Gasteiger partial charge in [-0.2, -0.15) is 0 Å². The summed E-state index contributed by atoms with van der Waals surface area (Å²) < 4.78 is 24.3. The Kier molecular flexibility index (Phi) is 8.96. The van der Waals surface area contributed by atoms with Crippen molar-refractivity contribution in [1.29, 1.82) is 0 Å². The van der Waals surface area contributed by atoms with Crippen LogP contribution in [-0.2, 0) is 11.2 Å².